The molecule has 0 unspecified atom stereocenters. The molecule has 3 amide bonds. The second kappa shape index (κ2) is 8.15. The van der Waals surface area contributed by atoms with Gasteiger partial charge in [-0.1, -0.05) is 18.2 Å². The summed E-state index contributed by atoms with van der Waals surface area (Å²) < 4.78 is 2.08. The number of amides is 3. The maximum Gasteiger partial charge on any atom is 0.247 e. The van der Waals surface area contributed by atoms with Crippen molar-refractivity contribution >= 4 is 23.8 Å². The second-order valence-electron chi connectivity index (χ2n) is 5.96. The first-order valence-electron chi connectivity index (χ1n) is 8.07. The summed E-state index contributed by atoms with van der Waals surface area (Å²) in [5, 5.41) is 0. The monoisotopic (exact) mass is 354 g/mol. The van der Waals surface area contributed by atoms with Gasteiger partial charge in [0.25, 0.3) is 0 Å². The van der Waals surface area contributed by atoms with Gasteiger partial charge in [-0.15, -0.1) is 0 Å². The van der Waals surface area contributed by atoms with Gasteiger partial charge in [-0.2, -0.15) is 0 Å². The molecule has 0 aliphatic rings. The van der Waals surface area contributed by atoms with E-state index in [0.29, 0.717) is 0 Å². The molecular formula is C19H22N4O3. The van der Waals surface area contributed by atoms with Crippen LogP contribution < -0.4 is 11.5 Å². The fourth-order valence-electron chi connectivity index (χ4n) is 2.79. The highest BCUT2D eigenvalue weighted by Crippen LogP contribution is 2.21. The number of para-hydroxylation sites is 1. The van der Waals surface area contributed by atoms with Crippen molar-refractivity contribution in [3.8, 4) is 5.69 Å². The van der Waals surface area contributed by atoms with E-state index in [2.05, 4.69) is 4.57 Å². The number of aromatic nitrogens is 1. The predicted molar refractivity (Wildman–Crippen MR) is 99.2 cm³/mol. The number of primary amides is 2. The van der Waals surface area contributed by atoms with Crippen LogP contribution in [0.4, 0.5) is 0 Å². The first-order chi connectivity index (χ1) is 12.3. The van der Waals surface area contributed by atoms with Crippen LogP contribution in [0.15, 0.2) is 42.5 Å². The van der Waals surface area contributed by atoms with Crippen LogP contribution in [0.3, 0.4) is 0 Å². The van der Waals surface area contributed by atoms with E-state index in [-0.39, 0.29) is 13.1 Å². The zero-order valence-electron chi connectivity index (χ0n) is 14.8. The molecule has 7 nitrogen and oxygen atoms in total. The largest absolute Gasteiger partial charge is 0.368 e. The Morgan fingerprint density at radius 2 is 1.62 bits per heavy atom. The number of hydrogen-bond donors (Lipinski definition) is 2. The summed E-state index contributed by atoms with van der Waals surface area (Å²) >= 11 is 0. The minimum absolute atomic E-state index is 0.366. The molecule has 2 aromatic rings. The first kappa shape index (κ1) is 19.0. The van der Waals surface area contributed by atoms with Crippen LogP contribution in [0.25, 0.3) is 11.8 Å². The van der Waals surface area contributed by atoms with E-state index in [9.17, 15) is 14.4 Å². The Hall–Kier alpha value is -3.35. The lowest BCUT2D eigenvalue weighted by molar-refractivity contribution is -0.134. The van der Waals surface area contributed by atoms with Crippen molar-refractivity contribution in [3.63, 3.8) is 0 Å². The summed E-state index contributed by atoms with van der Waals surface area (Å²) in [4.78, 5) is 35.4. The van der Waals surface area contributed by atoms with Crippen molar-refractivity contribution in [3.05, 3.63) is 59.4 Å². The molecule has 0 saturated carbocycles. The summed E-state index contributed by atoms with van der Waals surface area (Å²) in [6.07, 6.45) is 2.96. The maximum absolute atomic E-state index is 12.3. The average Bonchev–Trinajstić information content (AvgIpc) is 2.85. The number of rotatable bonds is 7. The Balaban J connectivity index is 2.25. The molecule has 4 N–H and O–H groups in total. The lowest BCUT2D eigenvalue weighted by atomic mass is 10.2. The van der Waals surface area contributed by atoms with E-state index >= 15 is 0 Å². The number of nitrogens with two attached hydrogens (primary N) is 2. The highest BCUT2D eigenvalue weighted by Gasteiger charge is 2.16. The highest BCUT2D eigenvalue weighted by molar-refractivity contribution is 5.96. The number of hydrogen-bond acceptors (Lipinski definition) is 3. The standard InChI is InChI=1S/C19H22N4O3/c1-13-10-15(14(2)23(13)16-6-4-3-5-7-16)8-9-19(26)22(11-17(20)24)12-18(21)25/h3-10H,11-12H2,1-2H3,(H2,20,24)(H2,21,25)/b9-8+. The number of carbonyl (C=O) groups is 3. The van der Waals surface area contributed by atoms with Gasteiger partial charge in [0.05, 0.1) is 0 Å². The first-order valence-corrected chi connectivity index (χ1v) is 8.07. The minimum Gasteiger partial charge on any atom is -0.368 e. The van der Waals surface area contributed by atoms with E-state index < -0.39 is 17.7 Å². The van der Waals surface area contributed by atoms with E-state index in [1.807, 2.05) is 50.2 Å². The Labute approximate surface area is 151 Å². The van der Waals surface area contributed by atoms with Crippen molar-refractivity contribution < 1.29 is 14.4 Å². The van der Waals surface area contributed by atoms with Crippen molar-refractivity contribution in [1.29, 1.82) is 0 Å². The van der Waals surface area contributed by atoms with Crippen LogP contribution in [-0.4, -0.2) is 40.3 Å². The molecule has 0 bridgehead atoms. The van der Waals surface area contributed by atoms with Crippen molar-refractivity contribution in [2.75, 3.05) is 13.1 Å². The Morgan fingerprint density at radius 1 is 1.04 bits per heavy atom. The Kier molecular flexibility index (Phi) is 5.95. The number of carbonyl (C=O) groups excluding carboxylic acids is 3. The van der Waals surface area contributed by atoms with Crippen LogP contribution in [0, 0.1) is 13.8 Å². The molecule has 1 aromatic heterocycles. The molecule has 26 heavy (non-hydrogen) atoms. The maximum atomic E-state index is 12.3. The molecule has 2 rings (SSSR count). The molecule has 1 heterocycles. The topological polar surface area (TPSA) is 111 Å². The smallest absolute Gasteiger partial charge is 0.247 e. The van der Waals surface area contributed by atoms with Gasteiger partial charge in [0.15, 0.2) is 0 Å². The quantitative estimate of drug-likeness (QED) is 0.721. The third-order valence-corrected chi connectivity index (χ3v) is 3.90. The summed E-state index contributed by atoms with van der Waals surface area (Å²) in [7, 11) is 0. The van der Waals surface area contributed by atoms with E-state index in [1.165, 1.54) is 6.08 Å². The molecule has 0 radical (unpaired) electrons. The third-order valence-electron chi connectivity index (χ3n) is 3.90. The molecule has 0 fully saturated rings. The van der Waals surface area contributed by atoms with Crippen LogP contribution in [0.5, 0.6) is 0 Å². The number of nitrogens with zero attached hydrogens (tertiary/aromatic N) is 2. The molecule has 0 atom stereocenters. The van der Waals surface area contributed by atoms with Crippen molar-refractivity contribution in [2.45, 2.75) is 13.8 Å². The van der Waals surface area contributed by atoms with E-state index in [0.717, 1.165) is 27.5 Å². The predicted octanol–water partition coefficient (Wildman–Crippen LogP) is 0.907. The van der Waals surface area contributed by atoms with Gasteiger partial charge in [0, 0.05) is 23.2 Å². The minimum atomic E-state index is -0.713. The average molecular weight is 354 g/mol. The lowest BCUT2D eigenvalue weighted by Crippen LogP contribution is -2.42. The highest BCUT2D eigenvalue weighted by atomic mass is 16.2. The second-order valence-corrected chi connectivity index (χ2v) is 5.96. The van der Waals surface area contributed by atoms with Crippen LogP contribution in [0.1, 0.15) is 17.0 Å². The van der Waals surface area contributed by atoms with Crippen LogP contribution in [0.2, 0.25) is 0 Å². The van der Waals surface area contributed by atoms with E-state index in [1.54, 1.807) is 6.08 Å². The Morgan fingerprint density at radius 3 is 2.15 bits per heavy atom. The van der Waals surface area contributed by atoms with E-state index in [4.69, 9.17) is 11.5 Å². The van der Waals surface area contributed by atoms with Crippen LogP contribution in [-0.2, 0) is 14.4 Å². The van der Waals surface area contributed by atoms with Crippen LogP contribution >= 0.6 is 0 Å². The molecule has 0 spiro atoms. The SMILES string of the molecule is Cc1cc(/C=C/C(=O)N(CC(N)=O)CC(N)=O)c(C)n1-c1ccccc1. The number of aryl methyl sites for hydroxylation is 1. The fraction of sp³-hybridized carbons (Fsp3) is 0.211. The van der Waals surface area contributed by atoms with Gasteiger partial charge < -0.3 is 20.9 Å². The molecule has 1 aromatic carbocycles. The summed E-state index contributed by atoms with van der Waals surface area (Å²) in [6, 6.07) is 11.8. The van der Waals surface area contributed by atoms with Gasteiger partial charge in [-0.05, 0) is 43.7 Å². The molecule has 0 aliphatic heterocycles. The molecule has 0 saturated heterocycles. The third kappa shape index (κ3) is 4.60. The van der Waals surface area contributed by atoms with Gasteiger partial charge >= 0.3 is 0 Å². The molecule has 0 aliphatic carbocycles. The zero-order valence-corrected chi connectivity index (χ0v) is 14.8. The number of benzene rings is 1. The molecular weight excluding hydrogens is 332 g/mol. The van der Waals surface area contributed by atoms with Gasteiger partial charge in [-0.25, -0.2) is 0 Å². The molecule has 7 heteroatoms. The van der Waals surface area contributed by atoms with Gasteiger partial charge in [-0.3, -0.25) is 14.4 Å². The van der Waals surface area contributed by atoms with Crippen molar-refractivity contribution in [2.24, 2.45) is 11.5 Å². The normalized spacial score (nSPS) is 10.8. The zero-order chi connectivity index (χ0) is 19.3. The van der Waals surface area contributed by atoms with Crippen molar-refractivity contribution in [1.82, 2.24) is 9.47 Å². The Bertz CT molecular complexity index is 837. The fourth-order valence-corrected chi connectivity index (χ4v) is 2.79. The summed E-state index contributed by atoms with van der Waals surface area (Å²) in [5.41, 5.74) is 14.1. The van der Waals surface area contributed by atoms with Gasteiger partial charge in [0.2, 0.25) is 17.7 Å². The summed E-state index contributed by atoms with van der Waals surface area (Å²) in [5.74, 6) is -1.93. The lowest BCUT2D eigenvalue weighted by Gasteiger charge is -2.17. The summed E-state index contributed by atoms with van der Waals surface area (Å²) in [6.45, 7) is 3.20. The molecule has 136 valence electrons. The van der Waals surface area contributed by atoms with Gasteiger partial charge in [0.1, 0.15) is 13.1 Å².